The van der Waals surface area contributed by atoms with Gasteiger partial charge >= 0.3 is 0 Å². The van der Waals surface area contributed by atoms with Crippen molar-refractivity contribution in [3.05, 3.63) is 34.9 Å². The van der Waals surface area contributed by atoms with Gasteiger partial charge in [-0.25, -0.2) is 0 Å². The summed E-state index contributed by atoms with van der Waals surface area (Å²) in [4.78, 5) is 0. The van der Waals surface area contributed by atoms with Crippen LogP contribution in [0.4, 0.5) is 0 Å². The first-order chi connectivity index (χ1) is 6.09. The molecule has 0 saturated carbocycles. The largest absolute Gasteiger partial charge is 0.122 e. The van der Waals surface area contributed by atoms with Gasteiger partial charge in [0.25, 0.3) is 0 Å². The van der Waals surface area contributed by atoms with Gasteiger partial charge in [-0.05, 0) is 30.0 Å². The van der Waals surface area contributed by atoms with Crippen LogP contribution >= 0.6 is 23.2 Å². The molecular weight excluding hydrogens is 203 g/mol. The molecule has 0 N–H and O–H groups in total. The van der Waals surface area contributed by atoms with Gasteiger partial charge in [0.15, 0.2) is 0 Å². The van der Waals surface area contributed by atoms with E-state index >= 15 is 0 Å². The van der Waals surface area contributed by atoms with Gasteiger partial charge in [-0.3, -0.25) is 0 Å². The van der Waals surface area contributed by atoms with Crippen molar-refractivity contribution in [1.29, 1.82) is 0 Å². The van der Waals surface area contributed by atoms with E-state index in [1.165, 1.54) is 5.56 Å². The molecule has 72 valence electrons. The molecule has 0 aliphatic heterocycles. The number of alkyl halides is 1. The summed E-state index contributed by atoms with van der Waals surface area (Å²) in [7, 11) is 0. The minimum Gasteiger partial charge on any atom is -0.122 e. The van der Waals surface area contributed by atoms with Gasteiger partial charge in [0, 0.05) is 10.4 Å². The minimum atomic E-state index is 0.209. The summed E-state index contributed by atoms with van der Waals surface area (Å²) in [6, 6.07) is 7.86. The van der Waals surface area contributed by atoms with Crippen LogP contribution < -0.4 is 0 Å². The van der Waals surface area contributed by atoms with Crippen molar-refractivity contribution in [2.24, 2.45) is 5.92 Å². The lowest BCUT2D eigenvalue weighted by atomic mass is 10.0. The lowest BCUT2D eigenvalue weighted by molar-refractivity contribution is 0.596. The zero-order valence-corrected chi connectivity index (χ0v) is 9.44. The molecule has 0 saturated heterocycles. The molecule has 0 heterocycles. The van der Waals surface area contributed by atoms with Crippen LogP contribution in [0.2, 0.25) is 5.02 Å². The SMILES string of the molecule is CC(C)C(Cl)Cc1ccc(Cl)cc1. The number of benzene rings is 1. The molecule has 13 heavy (non-hydrogen) atoms. The Morgan fingerprint density at radius 3 is 2.15 bits per heavy atom. The van der Waals surface area contributed by atoms with E-state index in [9.17, 15) is 0 Å². The lowest BCUT2D eigenvalue weighted by Crippen LogP contribution is -2.10. The molecule has 1 aromatic rings. The number of rotatable bonds is 3. The highest BCUT2D eigenvalue weighted by Gasteiger charge is 2.09. The third-order valence-corrected chi connectivity index (χ3v) is 2.98. The van der Waals surface area contributed by atoms with Gasteiger partial charge in [-0.15, -0.1) is 11.6 Å². The van der Waals surface area contributed by atoms with E-state index in [1.807, 2.05) is 24.3 Å². The zero-order chi connectivity index (χ0) is 9.84. The third-order valence-electron chi connectivity index (χ3n) is 2.07. The first kappa shape index (κ1) is 10.9. The highest BCUT2D eigenvalue weighted by molar-refractivity contribution is 6.30. The summed E-state index contributed by atoms with van der Waals surface area (Å²) < 4.78 is 0. The fraction of sp³-hybridized carbons (Fsp3) is 0.455. The number of hydrogen-bond donors (Lipinski definition) is 0. The molecule has 0 amide bonds. The van der Waals surface area contributed by atoms with Crippen molar-refractivity contribution < 1.29 is 0 Å². The Kier molecular flexibility index (Phi) is 4.08. The molecule has 0 nitrogen and oxygen atoms in total. The average Bonchev–Trinajstić information content (AvgIpc) is 2.08. The molecule has 1 rings (SSSR count). The molecular formula is C11H14Cl2. The van der Waals surface area contributed by atoms with Gasteiger partial charge in [-0.2, -0.15) is 0 Å². The van der Waals surface area contributed by atoms with Gasteiger partial charge in [-0.1, -0.05) is 37.6 Å². The maximum absolute atomic E-state index is 6.16. The van der Waals surface area contributed by atoms with E-state index in [4.69, 9.17) is 23.2 Å². The summed E-state index contributed by atoms with van der Waals surface area (Å²) in [5, 5.41) is 0.987. The van der Waals surface area contributed by atoms with Crippen molar-refractivity contribution in [1.82, 2.24) is 0 Å². The van der Waals surface area contributed by atoms with Gasteiger partial charge in [0.05, 0.1) is 0 Å². The lowest BCUT2D eigenvalue weighted by Gasteiger charge is -2.12. The van der Waals surface area contributed by atoms with E-state index in [0.29, 0.717) is 5.92 Å². The molecule has 0 aliphatic carbocycles. The van der Waals surface area contributed by atoms with Crippen LogP contribution in [0.3, 0.4) is 0 Å². The quantitative estimate of drug-likeness (QED) is 0.667. The van der Waals surface area contributed by atoms with Gasteiger partial charge < -0.3 is 0 Å². The fourth-order valence-corrected chi connectivity index (χ4v) is 1.39. The summed E-state index contributed by atoms with van der Waals surface area (Å²) in [6.07, 6.45) is 0.913. The highest BCUT2D eigenvalue weighted by atomic mass is 35.5. The zero-order valence-electron chi connectivity index (χ0n) is 7.93. The molecule has 1 unspecified atom stereocenters. The Balaban J connectivity index is 2.59. The standard InChI is InChI=1S/C11H14Cl2/c1-8(2)11(13)7-9-3-5-10(12)6-4-9/h3-6,8,11H,7H2,1-2H3. The molecule has 2 heteroatoms. The fourth-order valence-electron chi connectivity index (χ4n) is 1.08. The summed E-state index contributed by atoms with van der Waals surface area (Å²) in [5.74, 6) is 0.511. The molecule has 1 aromatic carbocycles. The van der Waals surface area contributed by atoms with E-state index in [1.54, 1.807) is 0 Å². The third kappa shape index (κ3) is 3.58. The second-order valence-electron chi connectivity index (χ2n) is 3.59. The van der Waals surface area contributed by atoms with Crippen molar-refractivity contribution in [3.63, 3.8) is 0 Å². The van der Waals surface area contributed by atoms with Crippen LogP contribution in [0.15, 0.2) is 24.3 Å². The van der Waals surface area contributed by atoms with E-state index in [2.05, 4.69) is 13.8 Å². The molecule has 0 aliphatic rings. The van der Waals surface area contributed by atoms with Crippen molar-refractivity contribution >= 4 is 23.2 Å². The molecule has 1 atom stereocenters. The average molecular weight is 217 g/mol. The molecule has 0 fully saturated rings. The van der Waals surface area contributed by atoms with Crippen LogP contribution in [-0.2, 0) is 6.42 Å². The number of halogens is 2. The van der Waals surface area contributed by atoms with E-state index in [-0.39, 0.29) is 5.38 Å². The maximum Gasteiger partial charge on any atom is 0.0406 e. The first-order valence-corrected chi connectivity index (χ1v) is 5.29. The summed E-state index contributed by atoms with van der Waals surface area (Å²) in [6.45, 7) is 4.27. The maximum atomic E-state index is 6.16. The first-order valence-electron chi connectivity index (χ1n) is 4.48. The van der Waals surface area contributed by atoms with Crippen LogP contribution in [0.5, 0.6) is 0 Å². The van der Waals surface area contributed by atoms with E-state index < -0.39 is 0 Å². The Labute approximate surface area is 89.9 Å². The predicted molar refractivity (Wildman–Crippen MR) is 59.6 cm³/mol. The Hall–Kier alpha value is -0.200. The van der Waals surface area contributed by atoms with Crippen LogP contribution in [0.25, 0.3) is 0 Å². The monoisotopic (exact) mass is 216 g/mol. The second kappa shape index (κ2) is 4.88. The topological polar surface area (TPSA) is 0 Å². The molecule has 0 radical (unpaired) electrons. The van der Waals surface area contributed by atoms with Crippen LogP contribution in [-0.4, -0.2) is 5.38 Å². The second-order valence-corrected chi connectivity index (χ2v) is 4.59. The predicted octanol–water partition coefficient (Wildman–Crippen LogP) is 4.15. The Morgan fingerprint density at radius 1 is 1.15 bits per heavy atom. The molecule has 0 bridgehead atoms. The van der Waals surface area contributed by atoms with Crippen LogP contribution in [0.1, 0.15) is 19.4 Å². The summed E-state index contributed by atoms with van der Waals surface area (Å²) in [5.41, 5.74) is 1.25. The Bertz CT molecular complexity index is 251. The van der Waals surface area contributed by atoms with Gasteiger partial charge in [0.1, 0.15) is 0 Å². The van der Waals surface area contributed by atoms with Crippen molar-refractivity contribution in [3.8, 4) is 0 Å². The molecule has 0 aromatic heterocycles. The van der Waals surface area contributed by atoms with Gasteiger partial charge in [0.2, 0.25) is 0 Å². The minimum absolute atomic E-state index is 0.209. The Morgan fingerprint density at radius 2 is 1.69 bits per heavy atom. The summed E-state index contributed by atoms with van der Waals surface area (Å²) >= 11 is 11.9. The normalized spacial score (nSPS) is 13.3. The van der Waals surface area contributed by atoms with Crippen LogP contribution in [0, 0.1) is 5.92 Å². The van der Waals surface area contributed by atoms with Crippen molar-refractivity contribution in [2.75, 3.05) is 0 Å². The highest BCUT2D eigenvalue weighted by Crippen LogP contribution is 2.17. The van der Waals surface area contributed by atoms with E-state index in [0.717, 1.165) is 11.4 Å². The number of hydrogen-bond acceptors (Lipinski definition) is 0. The smallest absolute Gasteiger partial charge is 0.0406 e. The molecule has 0 spiro atoms. The van der Waals surface area contributed by atoms with Crippen molar-refractivity contribution in [2.45, 2.75) is 25.6 Å².